The smallest absolute Gasteiger partial charge is 0.146 e. The van der Waals surface area contributed by atoms with Gasteiger partial charge in [-0.05, 0) is 42.8 Å². The zero-order valence-electron chi connectivity index (χ0n) is 14.8. The van der Waals surface area contributed by atoms with Gasteiger partial charge in [-0.2, -0.15) is 5.10 Å². The number of hydrazone groups is 1. The van der Waals surface area contributed by atoms with E-state index >= 15 is 0 Å². The summed E-state index contributed by atoms with van der Waals surface area (Å²) in [5.74, 6) is 1.65. The van der Waals surface area contributed by atoms with Gasteiger partial charge < -0.3 is 14.4 Å². The van der Waals surface area contributed by atoms with E-state index < -0.39 is 0 Å². The van der Waals surface area contributed by atoms with Crippen molar-refractivity contribution in [2.24, 2.45) is 5.10 Å². The van der Waals surface area contributed by atoms with E-state index in [1.807, 2.05) is 37.3 Å². The Morgan fingerprint density at radius 3 is 2.84 bits per heavy atom. The summed E-state index contributed by atoms with van der Waals surface area (Å²) in [6.07, 6.45) is 1.74. The van der Waals surface area contributed by atoms with Gasteiger partial charge in [-0.25, -0.2) is 4.98 Å². The van der Waals surface area contributed by atoms with Gasteiger partial charge in [0.1, 0.15) is 31.2 Å². The number of quaternary nitrogens is 1. The average Bonchev–Trinajstić information content (AvgIpc) is 2.67. The maximum atomic E-state index is 5.54. The summed E-state index contributed by atoms with van der Waals surface area (Å²) in [6, 6.07) is 11.9. The fourth-order valence-corrected chi connectivity index (χ4v) is 2.88. The van der Waals surface area contributed by atoms with Gasteiger partial charge in [0.05, 0.1) is 26.0 Å². The van der Waals surface area contributed by atoms with Crippen LogP contribution in [0.15, 0.2) is 47.7 Å². The normalized spacial score (nSPS) is 15.8. The molecule has 0 radical (unpaired) electrons. The van der Waals surface area contributed by atoms with E-state index in [1.165, 1.54) is 10.5 Å². The summed E-state index contributed by atoms with van der Waals surface area (Å²) in [5.41, 5.74) is 6.18. The molecule has 0 atom stereocenters. The summed E-state index contributed by atoms with van der Waals surface area (Å²) in [6.45, 7) is 6.63. The Kier molecular flexibility index (Phi) is 5.98. The predicted molar refractivity (Wildman–Crippen MR) is 98.3 cm³/mol. The van der Waals surface area contributed by atoms with Crippen LogP contribution in [0.25, 0.3) is 0 Å². The van der Waals surface area contributed by atoms with Gasteiger partial charge in [0.15, 0.2) is 0 Å². The number of pyridine rings is 1. The number of hydrogen-bond acceptors (Lipinski definition) is 5. The van der Waals surface area contributed by atoms with Gasteiger partial charge in [0.25, 0.3) is 0 Å². The lowest BCUT2D eigenvalue weighted by Crippen LogP contribution is -3.12. The first-order chi connectivity index (χ1) is 12.3. The molecule has 1 aromatic heterocycles. The van der Waals surface area contributed by atoms with Crippen molar-refractivity contribution in [1.82, 2.24) is 4.98 Å². The van der Waals surface area contributed by atoms with Crippen LogP contribution in [-0.2, 0) is 11.3 Å². The summed E-state index contributed by atoms with van der Waals surface area (Å²) >= 11 is 0. The second kappa shape index (κ2) is 8.60. The largest absolute Gasteiger partial charge is 0.496 e. The zero-order valence-corrected chi connectivity index (χ0v) is 14.8. The van der Waals surface area contributed by atoms with Crippen LogP contribution in [-0.4, -0.2) is 44.1 Å². The molecule has 6 heteroatoms. The Balaban J connectivity index is 1.75. The third kappa shape index (κ3) is 4.78. The topological polar surface area (TPSA) is 60.2 Å². The van der Waals surface area contributed by atoms with Crippen LogP contribution in [0.2, 0.25) is 0 Å². The van der Waals surface area contributed by atoms with Crippen molar-refractivity contribution in [1.29, 1.82) is 0 Å². The van der Waals surface area contributed by atoms with Crippen LogP contribution in [0.4, 0.5) is 5.82 Å². The average molecular weight is 341 g/mol. The molecule has 25 heavy (non-hydrogen) atoms. The molecule has 2 N–H and O–H groups in total. The molecule has 0 unspecified atom stereocenters. The molecule has 1 aromatic carbocycles. The highest BCUT2D eigenvalue weighted by Gasteiger charge is 2.17. The Morgan fingerprint density at radius 2 is 2.12 bits per heavy atom. The number of nitrogens with one attached hydrogen (secondary N) is 2. The molecule has 132 valence electrons. The molecule has 2 heterocycles. The predicted octanol–water partition coefficient (Wildman–Crippen LogP) is 1.34. The summed E-state index contributed by atoms with van der Waals surface area (Å²) in [4.78, 5) is 5.73. The lowest BCUT2D eigenvalue weighted by atomic mass is 10.1. The van der Waals surface area contributed by atoms with E-state index in [9.17, 15) is 0 Å². The first-order valence-corrected chi connectivity index (χ1v) is 8.56. The van der Waals surface area contributed by atoms with E-state index in [0.717, 1.165) is 55.7 Å². The Hall–Kier alpha value is -2.44. The minimum Gasteiger partial charge on any atom is -0.496 e. The quantitative estimate of drug-likeness (QED) is 0.615. The molecule has 0 aliphatic carbocycles. The van der Waals surface area contributed by atoms with E-state index in [-0.39, 0.29) is 0 Å². The SMILES string of the molecule is COc1ccc(/C(C)=N\Nc2ccccn2)cc1C[NH+]1CCOCC1. The van der Waals surface area contributed by atoms with Crippen LogP contribution in [0, 0.1) is 0 Å². The molecule has 0 spiro atoms. The van der Waals surface area contributed by atoms with Crippen molar-refractivity contribution < 1.29 is 14.4 Å². The van der Waals surface area contributed by atoms with E-state index in [2.05, 4.69) is 21.6 Å². The van der Waals surface area contributed by atoms with Gasteiger partial charge in [-0.3, -0.25) is 5.43 Å². The highest BCUT2D eigenvalue weighted by Crippen LogP contribution is 2.20. The molecule has 3 rings (SSSR count). The Bertz CT molecular complexity index is 713. The maximum absolute atomic E-state index is 5.54. The first kappa shape index (κ1) is 17.4. The van der Waals surface area contributed by atoms with Gasteiger partial charge >= 0.3 is 0 Å². The maximum Gasteiger partial charge on any atom is 0.146 e. The van der Waals surface area contributed by atoms with Crippen LogP contribution in [0.5, 0.6) is 5.75 Å². The minimum absolute atomic E-state index is 0.730. The third-order valence-corrected chi connectivity index (χ3v) is 4.34. The molecule has 1 aliphatic rings. The van der Waals surface area contributed by atoms with Crippen LogP contribution < -0.4 is 15.1 Å². The lowest BCUT2D eigenvalue weighted by molar-refractivity contribution is -0.921. The molecule has 1 fully saturated rings. The van der Waals surface area contributed by atoms with E-state index in [4.69, 9.17) is 9.47 Å². The summed E-state index contributed by atoms with van der Waals surface area (Å²) in [5, 5.41) is 4.44. The van der Waals surface area contributed by atoms with Gasteiger partial charge in [-0.1, -0.05) is 6.07 Å². The van der Waals surface area contributed by atoms with Crippen molar-refractivity contribution >= 4 is 11.5 Å². The molecule has 0 saturated carbocycles. The Labute approximate surface area is 148 Å². The number of benzene rings is 1. The fourth-order valence-electron chi connectivity index (χ4n) is 2.88. The van der Waals surface area contributed by atoms with Crippen LogP contribution in [0.1, 0.15) is 18.1 Å². The second-order valence-corrected chi connectivity index (χ2v) is 6.09. The Morgan fingerprint density at radius 1 is 1.28 bits per heavy atom. The van der Waals surface area contributed by atoms with Crippen LogP contribution in [0.3, 0.4) is 0 Å². The number of morpholine rings is 1. The summed E-state index contributed by atoms with van der Waals surface area (Å²) < 4.78 is 11.0. The van der Waals surface area contributed by atoms with E-state index in [0.29, 0.717) is 0 Å². The number of ether oxygens (including phenoxy) is 2. The van der Waals surface area contributed by atoms with E-state index in [1.54, 1.807) is 13.3 Å². The number of rotatable bonds is 6. The van der Waals surface area contributed by atoms with Crippen molar-refractivity contribution in [3.63, 3.8) is 0 Å². The van der Waals surface area contributed by atoms with Crippen molar-refractivity contribution in [2.75, 3.05) is 38.8 Å². The van der Waals surface area contributed by atoms with Gasteiger partial charge in [0, 0.05) is 11.8 Å². The third-order valence-electron chi connectivity index (χ3n) is 4.34. The minimum atomic E-state index is 0.730. The summed E-state index contributed by atoms with van der Waals surface area (Å²) in [7, 11) is 1.72. The molecular weight excluding hydrogens is 316 g/mol. The molecular formula is C19H25N4O2+. The van der Waals surface area contributed by atoms with Gasteiger partial charge in [0.2, 0.25) is 0 Å². The number of methoxy groups -OCH3 is 1. The lowest BCUT2D eigenvalue weighted by Gasteiger charge is -2.24. The van der Waals surface area contributed by atoms with Crippen molar-refractivity contribution in [3.05, 3.63) is 53.7 Å². The second-order valence-electron chi connectivity index (χ2n) is 6.09. The standard InChI is InChI=1S/C19H24N4O2/c1-15(21-22-19-5-3-4-8-20-19)16-6-7-18(24-2)17(13-16)14-23-9-11-25-12-10-23/h3-8,13H,9-12,14H2,1-2H3,(H,20,22)/p+1/b21-15-. The first-order valence-electron chi connectivity index (χ1n) is 8.56. The van der Waals surface area contributed by atoms with Gasteiger partial charge in [-0.15, -0.1) is 0 Å². The number of nitrogens with zero attached hydrogens (tertiary/aromatic N) is 2. The highest BCUT2D eigenvalue weighted by molar-refractivity contribution is 5.99. The molecule has 6 nitrogen and oxygen atoms in total. The highest BCUT2D eigenvalue weighted by atomic mass is 16.5. The van der Waals surface area contributed by atoms with Crippen molar-refractivity contribution in [2.45, 2.75) is 13.5 Å². The number of aromatic nitrogens is 1. The number of hydrogen-bond donors (Lipinski definition) is 2. The van der Waals surface area contributed by atoms with Crippen LogP contribution >= 0.6 is 0 Å². The molecule has 1 saturated heterocycles. The molecule has 0 bridgehead atoms. The molecule has 2 aromatic rings. The van der Waals surface area contributed by atoms with Crippen molar-refractivity contribution in [3.8, 4) is 5.75 Å². The monoisotopic (exact) mass is 341 g/mol. The number of anilines is 1. The molecule has 0 amide bonds. The zero-order chi connectivity index (χ0) is 17.5. The fraction of sp³-hybridized carbons (Fsp3) is 0.368. The molecule has 1 aliphatic heterocycles.